The molecule has 1 aromatic heterocycles. The Balaban J connectivity index is 3.20. The van der Waals surface area contributed by atoms with E-state index in [0.29, 0.717) is 12.1 Å². The van der Waals surface area contributed by atoms with Crippen molar-refractivity contribution in [2.75, 3.05) is 13.6 Å². The molecule has 1 amide bonds. The highest BCUT2D eigenvalue weighted by Crippen LogP contribution is 2.18. The Bertz CT molecular complexity index is 447. The highest BCUT2D eigenvalue weighted by molar-refractivity contribution is 5.96. The molecule has 7 nitrogen and oxygen atoms in total. The first-order chi connectivity index (χ1) is 8.63. The molecule has 0 spiro atoms. The Labute approximate surface area is 105 Å². The molecule has 0 aromatic carbocycles. The number of aliphatic imine (C=N–C) groups is 1. The number of rotatable bonds is 5. The molecule has 1 aromatic rings. The van der Waals surface area contributed by atoms with E-state index >= 15 is 0 Å². The number of hydrogen-bond acceptors (Lipinski definition) is 6. The number of nitrogens with one attached hydrogen (secondary N) is 1. The second-order valence-electron chi connectivity index (χ2n) is 3.52. The maximum Gasteiger partial charge on any atom is 0.273 e. The Hall–Kier alpha value is -1.86. The van der Waals surface area contributed by atoms with Gasteiger partial charge in [-0.15, -0.1) is 0 Å². The van der Waals surface area contributed by atoms with Gasteiger partial charge in [0.05, 0.1) is 18.0 Å². The van der Waals surface area contributed by atoms with Gasteiger partial charge in [0.1, 0.15) is 0 Å². The normalized spacial score (nSPS) is 12.7. The summed E-state index contributed by atoms with van der Waals surface area (Å²) in [5, 5.41) is 12.1. The van der Waals surface area contributed by atoms with E-state index in [1.54, 1.807) is 0 Å². The van der Waals surface area contributed by atoms with Crippen LogP contribution in [0.15, 0.2) is 11.2 Å². The van der Waals surface area contributed by atoms with Crippen molar-refractivity contribution in [2.45, 2.75) is 19.4 Å². The first-order valence-electron chi connectivity index (χ1n) is 5.63. The molecular weight excluding hydrogens is 234 g/mol. The van der Waals surface area contributed by atoms with E-state index in [9.17, 15) is 9.90 Å². The third kappa shape index (κ3) is 3.31. The summed E-state index contributed by atoms with van der Waals surface area (Å²) in [6, 6.07) is 0. The fourth-order valence-electron chi connectivity index (χ4n) is 1.27. The molecule has 1 unspecified atom stereocenters. The second-order valence-corrected chi connectivity index (χ2v) is 3.52. The van der Waals surface area contributed by atoms with Crippen molar-refractivity contribution in [3.63, 3.8) is 0 Å². The summed E-state index contributed by atoms with van der Waals surface area (Å²) in [5.74, 6) is -0.219. The standard InChI is InChI=1S/C11H17N5O2/c1-3-8(17)7-6-15-10(14-5-4-12)9(16-7)11(18)13-2/h5-6,8,17H,3-4,12H2,1-2H3,(H,13,18). The zero-order valence-corrected chi connectivity index (χ0v) is 10.4. The predicted octanol–water partition coefficient (Wildman–Crippen LogP) is -0.0594. The molecule has 0 aliphatic rings. The lowest BCUT2D eigenvalue weighted by Crippen LogP contribution is -2.21. The fraction of sp³-hybridized carbons (Fsp3) is 0.455. The number of aromatic nitrogens is 2. The predicted molar refractivity (Wildman–Crippen MR) is 67.9 cm³/mol. The van der Waals surface area contributed by atoms with E-state index in [2.05, 4.69) is 20.3 Å². The van der Waals surface area contributed by atoms with Gasteiger partial charge in [-0.2, -0.15) is 0 Å². The minimum absolute atomic E-state index is 0.0761. The largest absolute Gasteiger partial charge is 0.387 e. The van der Waals surface area contributed by atoms with Gasteiger partial charge in [-0.05, 0) is 6.42 Å². The number of carbonyl (C=O) groups excluding carboxylic acids is 1. The van der Waals surface area contributed by atoms with E-state index in [1.165, 1.54) is 19.5 Å². The van der Waals surface area contributed by atoms with E-state index in [1.807, 2.05) is 6.92 Å². The van der Waals surface area contributed by atoms with E-state index in [0.717, 1.165) is 0 Å². The van der Waals surface area contributed by atoms with Gasteiger partial charge in [-0.25, -0.2) is 15.0 Å². The van der Waals surface area contributed by atoms with E-state index in [4.69, 9.17) is 5.73 Å². The van der Waals surface area contributed by atoms with Gasteiger partial charge in [0.25, 0.3) is 5.91 Å². The molecule has 98 valence electrons. The number of nitrogens with zero attached hydrogens (tertiary/aromatic N) is 3. The number of nitrogens with two attached hydrogens (primary N) is 1. The van der Waals surface area contributed by atoms with Crippen molar-refractivity contribution < 1.29 is 9.90 Å². The van der Waals surface area contributed by atoms with Crippen LogP contribution in [0.3, 0.4) is 0 Å². The average Bonchev–Trinajstić information content (AvgIpc) is 2.43. The Morgan fingerprint density at radius 3 is 3.00 bits per heavy atom. The van der Waals surface area contributed by atoms with E-state index in [-0.39, 0.29) is 18.1 Å². The molecule has 0 aliphatic carbocycles. The van der Waals surface area contributed by atoms with Crippen LogP contribution in [0.1, 0.15) is 35.6 Å². The monoisotopic (exact) mass is 251 g/mol. The quantitative estimate of drug-likeness (QED) is 0.634. The van der Waals surface area contributed by atoms with Crippen LogP contribution in [0.4, 0.5) is 5.82 Å². The number of aliphatic hydroxyl groups excluding tert-OH is 1. The summed E-state index contributed by atoms with van der Waals surface area (Å²) in [4.78, 5) is 23.7. The van der Waals surface area contributed by atoms with E-state index < -0.39 is 12.0 Å². The van der Waals surface area contributed by atoms with Gasteiger partial charge in [-0.1, -0.05) is 6.92 Å². The third-order valence-electron chi connectivity index (χ3n) is 2.26. The van der Waals surface area contributed by atoms with Crippen molar-refractivity contribution in [3.05, 3.63) is 17.6 Å². The van der Waals surface area contributed by atoms with Crippen molar-refractivity contribution in [1.29, 1.82) is 0 Å². The molecular formula is C11H17N5O2. The maximum atomic E-state index is 11.7. The third-order valence-corrected chi connectivity index (χ3v) is 2.26. The van der Waals surface area contributed by atoms with Gasteiger partial charge >= 0.3 is 0 Å². The number of carbonyl (C=O) groups is 1. The molecule has 7 heteroatoms. The van der Waals surface area contributed by atoms with Crippen LogP contribution in [0, 0.1) is 0 Å². The lowest BCUT2D eigenvalue weighted by atomic mass is 10.2. The first kappa shape index (κ1) is 14.2. The molecule has 0 saturated heterocycles. The highest BCUT2D eigenvalue weighted by atomic mass is 16.3. The van der Waals surface area contributed by atoms with Crippen LogP contribution in [-0.4, -0.2) is 40.8 Å². The molecule has 1 heterocycles. The fourth-order valence-corrected chi connectivity index (χ4v) is 1.27. The highest BCUT2D eigenvalue weighted by Gasteiger charge is 2.16. The average molecular weight is 251 g/mol. The Morgan fingerprint density at radius 2 is 2.44 bits per heavy atom. The van der Waals surface area contributed by atoms with Crippen molar-refractivity contribution in [2.24, 2.45) is 10.7 Å². The minimum Gasteiger partial charge on any atom is -0.387 e. The molecule has 1 rings (SSSR count). The molecule has 1 atom stereocenters. The summed E-state index contributed by atoms with van der Waals surface area (Å²) < 4.78 is 0. The smallest absolute Gasteiger partial charge is 0.273 e. The van der Waals surface area contributed by atoms with Crippen molar-refractivity contribution in [3.8, 4) is 0 Å². The molecule has 0 radical (unpaired) electrons. The summed E-state index contributed by atoms with van der Waals surface area (Å²) in [7, 11) is 1.49. The van der Waals surface area contributed by atoms with Crippen LogP contribution >= 0.6 is 0 Å². The van der Waals surface area contributed by atoms with Gasteiger partial charge in [0.2, 0.25) is 0 Å². The number of hydrogen-bond donors (Lipinski definition) is 3. The SMILES string of the molecule is CCC(O)c1cnc(N=CCN)c(C(=O)NC)n1. The molecule has 0 fully saturated rings. The molecule has 18 heavy (non-hydrogen) atoms. The van der Waals surface area contributed by atoms with Crippen LogP contribution < -0.4 is 11.1 Å². The Morgan fingerprint density at radius 1 is 1.72 bits per heavy atom. The maximum absolute atomic E-state index is 11.7. The van der Waals surface area contributed by atoms with Crippen molar-refractivity contribution in [1.82, 2.24) is 15.3 Å². The van der Waals surface area contributed by atoms with Crippen LogP contribution in [0.5, 0.6) is 0 Å². The first-order valence-corrected chi connectivity index (χ1v) is 5.63. The molecule has 4 N–H and O–H groups in total. The molecule has 0 aliphatic heterocycles. The summed E-state index contributed by atoms with van der Waals surface area (Å²) in [6.07, 6.45) is 2.59. The topological polar surface area (TPSA) is 113 Å². The zero-order chi connectivity index (χ0) is 13.5. The van der Waals surface area contributed by atoms with Crippen LogP contribution in [0.25, 0.3) is 0 Å². The lowest BCUT2D eigenvalue weighted by molar-refractivity contribution is 0.0957. The van der Waals surface area contributed by atoms with Gasteiger partial charge in [-0.3, -0.25) is 4.79 Å². The van der Waals surface area contributed by atoms with Gasteiger partial charge in [0, 0.05) is 19.8 Å². The zero-order valence-electron chi connectivity index (χ0n) is 10.4. The van der Waals surface area contributed by atoms with Gasteiger partial charge in [0.15, 0.2) is 11.5 Å². The molecule has 0 bridgehead atoms. The summed E-state index contributed by atoms with van der Waals surface area (Å²) in [5.41, 5.74) is 5.72. The summed E-state index contributed by atoms with van der Waals surface area (Å²) in [6.45, 7) is 2.06. The van der Waals surface area contributed by atoms with Crippen LogP contribution in [0.2, 0.25) is 0 Å². The van der Waals surface area contributed by atoms with Crippen LogP contribution in [-0.2, 0) is 0 Å². The minimum atomic E-state index is -0.742. The second kappa shape index (κ2) is 6.77. The Kier molecular flexibility index (Phi) is 5.34. The number of aliphatic hydroxyl groups is 1. The molecule has 0 saturated carbocycles. The van der Waals surface area contributed by atoms with Crippen molar-refractivity contribution >= 4 is 17.9 Å². The summed E-state index contributed by atoms with van der Waals surface area (Å²) >= 11 is 0. The lowest BCUT2D eigenvalue weighted by Gasteiger charge is -2.09. The number of amides is 1. The van der Waals surface area contributed by atoms with Gasteiger partial charge < -0.3 is 16.2 Å².